The van der Waals surface area contributed by atoms with Crippen molar-refractivity contribution >= 4 is 0 Å². The lowest BCUT2D eigenvalue weighted by Gasteiger charge is -2.18. The van der Waals surface area contributed by atoms with Gasteiger partial charge in [0.2, 0.25) is 0 Å². The molecule has 0 heterocycles. The van der Waals surface area contributed by atoms with Crippen molar-refractivity contribution in [2.24, 2.45) is 11.8 Å². The van der Waals surface area contributed by atoms with E-state index in [2.05, 4.69) is 5.32 Å². The molecule has 0 spiro atoms. The zero-order chi connectivity index (χ0) is 13.7. The first kappa shape index (κ1) is 14.0. The van der Waals surface area contributed by atoms with Gasteiger partial charge in [-0.05, 0) is 43.4 Å². The highest BCUT2D eigenvalue weighted by molar-refractivity contribution is 5.32. The highest BCUT2D eigenvalue weighted by atomic mass is 19.1. The summed E-state index contributed by atoms with van der Waals surface area (Å²) in [5.41, 5.74) is 0.926. The summed E-state index contributed by atoms with van der Waals surface area (Å²) in [5, 5.41) is 21.2. The van der Waals surface area contributed by atoms with Gasteiger partial charge in [-0.1, -0.05) is 12.5 Å². The molecule has 0 aromatic heterocycles. The second-order valence-electron chi connectivity index (χ2n) is 5.18. The van der Waals surface area contributed by atoms with Crippen LogP contribution in [0.4, 0.5) is 4.39 Å². The van der Waals surface area contributed by atoms with E-state index in [1.54, 1.807) is 12.1 Å². The van der Waals surface area contributed by atoms with Crippen LogP contribution in [0.5, 0.6) is 0 Å². The van der Waals surface area contributed by atoms with Crippen molar-refractivity contribution < 1.29 is 9.50 Å². The van der Waals surface area contributed by atoms with Crippen LogP contribution in [0.1, 0.15) is 30.4 Å². The molecular weight excluding hydrogens is 243 g/mol. The third kappa shape index (κ3) is 3.52. The Morgan fingerprint density at radius 3 is 2.84 bits per heavy atom. The summed E-state index contributed by atoms with van der Waals surface area (Å²) >= 11 is 0. The summed E-state index contributed by atoms with van der Waals surface area (Å²) in [7, 11) is 0. The van der Waals surface area contributed by atoms with Gasteiger partial charge in [0, 0.05) is 18.7 Å². The topological polar surface area (TPSA) is 56.0 Å². The van der Waals surface area contributed by atoms with Crippen molar-refractivity contribution in [2.45, 2.75) is 25.8 Å². The lowest BCUT2D eigenvalue weighted by Crippen LogP contribution is -2.26. The highest BCUT2D eigenvalue weighted by Crippen LogP contribution is 2.30. The molecule has 3 nitrogen and oxygen atoms in total. The molecule has 0 bridgehead atoms. The molecule has 2 unspecified atom stereocenters. The molecule has 102 valence electrons. The number of halogens is 1. The quantitative estimate of drug-likeness (QED) is 0.855. The standard InChI is InChI=1S/C15H19FN2O/c16-15-6-11(7-17)4-5-13(15)9-18-8-12-2-1-3-14(12)10-19/h4-6,12,14,18-19H,1-3,8-10H2. The molecule has 1 aliphatic carbocycles. The maximum Gasteiger partial charge on any atom is 0.129 e. The third-order valence-corrected chi connectivity index (χ3v) is 3.96. The van der Waals surface area contributed by atoms with E-state index in [1.165, 1.54) is 12.5 Å². The minimum absolute atomic E-state index is 0.248. The van der Waals surface area contributed by atoms with Gasteiger partial charge >= 0.3 is 0 Å². The number of aliphatic hydroxyl groups excluding tert-OH is 1. The predicted molar refractivity (Wildman–Crippen MR) is 70.7 cm³/mol. The fourth-order valence-corrected chi connectivity index (χ4v) is 2.78. The van der Waals surface area contributed by atoms with Crippen molar-refractivity contribution in [2.75, 3.05) is 13.2 Å². The third-order valence-electron chi connectivity index (χ3n) is 3.96. The van der Waals surface area contributed by atoms with Gasteiger partial charge < -0.3 is 10.4 Å². The van der Waals surface area contributed by atoms with Crippen LogP contribution in [0.15, 0.2) is 18.2 Å². The Morgan fingerprint density at radius 2 is 2.16 bits per heavy atom. The van der Waals surface area contributed by atoms with Gasteiger partial charge in [-0.2, -0.15) is 5.26 Å². The lowest BCUT2D eigenvalue weighted by atomic mass is 9.97. The Morgan fingerprint density at radius 1 is 1.37 bits per heavy atom. The minimum Gasteiger partial charge on any atom is -0.396 e. The smallest absolute Gasteiger partial charge is 0.129 e. The van der Waals surface area contributed by atoms with Crippen molar-refractivity contribution in [1.29, 1.82) is 5.26 Å². The molecule has 0 aliphatic heterocycles. The Bertz CT molecular complexity index is 470. The zero-order valence-corrected chi connectivity index (χ0v) is 10.9. The Labute approximate surface area is 113 Å². The number of nitriles is 1. The summed E-state index contributed by atoms with van der Waals surface area (Å²) < 4.78 is 13.6. The number of aliphatic hydroxyl groups is 1. The normalized spacial score (nSPS) is 22.4. The summed E-state index contributed by atoms with van der Waals surface area (Å²) in [6, 6.07) is 6.47. The fourth-order valence-electron chi connectivity index (χ4n) is 2.78. The zero-order valence-electron chi connectivity index (χ0n) is 10.9. The van der Waals surface area contributed by atoms with Crippen LogP contribution in [-0.2, 0) is 6.54 Å². The van der Waals surface area contributed by atoms with Gasteiger partial charge in [0.15, 0.2) is 0 Å². The van der Waals surface area contributed by atoms with Crippen LogP contribution in [0.3, 0.4) is 0 Å². The van der Waals surface area contributed by atoms with Gasteiger partial charge in [0.05, 0.1) is 11.6 Å². The molecule has 4 heteroatoms. The first-order chi connectivity index (χ1) is 9.24. The van der Waals surface area contributed by atoms with Crippen LogP contribution >= 0.6 is 0 Å². The minimum atomic E-state index is -0.336. The van der Waals surface area contributed by atoms with Gasteiger partial charge in [0.25, 0.3) is 0 Å². The summed E-state index contributed by atoms with van der Waals surface area (Å²) in [5.74, 6) is 0.543. The second kappa shape index (κ2) is 6.65. The highest BCUT2D eigenvalue weighted by Gasteiger charge is 2.25. The number of nitrogens with zero attached hydrogens (tertiary/aromatic N) is 1. The molecular formula is C15H19FN2O. The number of benzene rings is 1. The Balaban J connectivity index is 1.84. The molecule has 2 atom stereocenters. The molecule has 1 aliphatic rings. The molecule has 1 fully saturated rings. The molecule has 0 saturated heterocycles. The molecule has 19 heavy (non-hydrogen) atoms. The van der Waals surface area contributed by atoms with E-state index in [9.17, 15) is 9.50 Å². The van der Waals surface area contributed by atoms with Crippen molar-refractivity contribution in [3.05, 3.63) is 35.1 Å². The van der Waals surface area contributed by atoms with E-state index >= 15 is 0 Å². The molecule has 2 rings (SSSR count). The van der Waals surface area contributed by atoms with Crippen molar-refractivity contribution in [3.63, 3.8) is 0 Å². The molecule has 1 saturated carbocycles. The van der Waals surface area contributed by atoms with Crippen LogP contribution in [0.2, 0.25) is 0 Å². The first-order valence-electron chi connectivity index (χ1n) is 6.74. The first-order valence-corrected chi connectivity index (χ1v) is 6.74. The van der Waals surface area contributed by atoms with Gasteiger partial charge in [-0.25, -0.2) is 4.39 Å². The van der Waals surface area contributed by atoms with Crippen LogP contribution in [0.25, 0.3) is 0 Å². The van der Waals surface area contributed by atoms with Crippen molar-refractivity contribution in [3.8, 4) is 6.07 Å². The molecule has 1 aromatic carbocycles. The largest absolute Gasteiger partial charge is 0.396 e. The van der Waals surface area contributed by atoms with Crippen LogP contribution in [-0.4, -0.2) is 18.3 Å². The van der Waals surface area contributed by atoms with E-state index in [0.29, 0.717) is 29.5 Å². The summed E-state index contributed by atoms with van der Waals surface area (Å²) in [6.07, 6.45) is 3.39. The van der Waals surface area contributed by atoms with Gasteiger partial charge in [0.1, 0.15) is 5.82 Å². The average Bonchev–Trinajstić information content (AvgIpc) is 2.88. The monoisotopic (exact) mass is 262 g/mol. The van der Waals surface area contributed by atoms with Gasteiger partial charge in [-0.15, -0.1) is 0 Å². The molecule has 1 aromatic rings. The fraction of sp³-hybridized carbons (Fsp3) is 0.533. The molecule has 0 amide bonds. The van der Waals surface area contributed by atoms with Crippen LogP contribution < -0.4 is 5.32 Å². The maximum atomic E-state index is 13.6. The number of hydrogen-bond donors (Lipinski definition) is 2. The maximum absolute atomic E-state index is 13.6. The lowest BCUT2D eigenvalue weighted by molar-refractivity contribution is 0.192. The van der Waals surface area contributed by atoms with E-state index in [4.69, 9.17) is 5.26 Å². The molecule has 2 N–H and O–H groups in total. The van der Waals surface area contributed by atoms with Gasteiger partial charge in [-0.3, -0.25) is 0 Å². The number of rotatable bonds is 5. The predicted octanol–water partition coefficient (Wildman–Crippen LogP) is 2.20. The van der Waals surface area contributed by atoms with Crippen molar-refractivity contribution in [1.82, 2.24) is 5.32 Å². The van der Waals surface area contributed by atoms with E-state index < -0.39 is 0 Å². The second-order valence-corrected chi connectivity index (χ2v) is 5.18. The van der Waals surface area contributed by atoms with Crippen LogP contribution in [0, 0.1) is 29.0 Å². The van der Waals surface area contributed by atoms with E-state index in [0.717, 1.165) is 19.4 Å². The average molecular weight is 262 g/mol. The Hall–Kier alpha value is -1.44. The van der Waals surface area contributed by atoms with E-state index in [-0.39, 0.29) is 12.4 Å². The summed E-state index contributed by atoms with van der Waals surface area (Å²) in [4.78, 5) is 0. The Kier molecular flexibility index (Phi) is 4.89. The number of nitrogens with one attached hydrogen (secondary N) is 1. The van der Waals surface area contributed by atoms with E-state index in [1.807, 2.05) is 6.07 Å². The SMILES string of the molecule is N#Cc1ccc(CNCC2CCCC2CO)c(F)c1. The molecule has 0 radical (unpaired) electrons. The summed E-state index contributed by atoms with van der Waals surface area (Å²) in [6.45, 7) is 1.52. The number of hydrogen-bond acceptors (Lipinski definition) is 3.